The second-order valence-corrected chi connectivity index (χ2v) is 6.13. The van der Waals surface area contributed by atoms with Crippen LogP contribution in [-0.2, 0) is 13.0 Å². The molecule has 4 rings (SSSR count). The molecule has 2 aromatic heterocycles. The van der Waals surface area contributed by atoms with Gasteiger partial charge in [0.05, 0.1) is 5.52 Å². The summed E-state index contributed by atoms with van der Waals surface area (Å²) in [5, 5.41) is 9.03. The lowest BCUT2D eigenvalue weighted by molar-refractivity contribution is 0.0781. The molecule has 5 nitrogen and oxygen atoms in total. The fourth-order valence-corrected chi connectivity index (χ4v) is 3.22. The molecule has 0 aliphatic carbocycles. The minimum absolute atomic E-state index is 0.107. The van der Waals surface area contributed by atoms with Crippen molar-refractivity contribution in [2.24, 2.45) is 0 Å². The smallest absolute Gasteiger partial charge is 0.275 e. The fraction of sp³-hybridized carbons (Fsp3) is 0.200. The number of hydrogen-bond donors (Lipinski definition) is 1. The van der Waals surface area contributed by atoms with Gasteiger partial charge >= 0.3 is 0 Å². The number of nitrogens with zero attached hydrogens (tertiary/aromatic N) is 2. The molecular weight excluding hydrogens is 314 g/mol. The highest BCUT2D eigenvalue weighted by Gasteiger charge is 2.21. The molecule has 1 N–H and O–H groups in total. The largest absolute Gasteiger partial charge is 0.461 e. The van der Waals surface area contributed by atoms with Crippen LogP contribution in [0.4, 0.5) is 0 Å². The summed E-state index contributed by atoms with van der Waals surface area (Å²) in [5.41, 5.74) is 3.24. The Balaban J connectivity index is 1.68. The summed E-state index contributed by atoms with van der Waals surface area (Å²) in [4.78, 5) is 14.6. The van der Waals surface area contributed by atoms with E-state index in [9.17, 15) is 4.79 Å². The molecule has 0 fully saturated rings. The Kier molecular flexibility index (Phi) is 3.76. The van der Waals surface area contributed by atoms with Gasteiger partial charge in [-0.3, -0.25) is 9.89 Å². The number of para-hydroxylation sites is 2. The van der Waals surface area contributed by atoms with E-state index < -0.39 is 0 Å². The van der Waals surface area contributed by atoms with Crippen molar-refractivity contribution in [2.45, 2.75) is 19.9 Å². The summed E-state index contributed by atoms with van der Waals surface area (Å²) in [6, 6.07) is 15.6. The van der Waals surface area contributed by atoms with Gasteiger partial charge in [0.1, 0.15) is 11.3 Å². The van der Waals surface area contributed by atoms with E-state index in [0.717, 1.165) is 39.6 Å². The highest BCUT2D eigenvalue weighted by molar-refractivity contribution is 6.04. The Morgan fingerprint density at radius 1 is 1.12 bits per heavy atom. The molecule has 0 saturated carbocycles. The van der Waals surface area contributed by atoms with Gasteiger partial charge < -0.3 is 9.32 Å². The lowest BCUT2D eigenvalue weighted by atomic mass is 10.1. The Hall–Kier alpha value is -3.08. The van der Waals surface area contributed by atoms with Crippen LogP contribution in [0.1, 0.15) is 28.7 Å². The number of carbonyl (C=O) groups is 1. The van der Waals surface area contributed by atoms with Crippen molar-refractivity contribution in [3.8, 4) is 0 Å². The zero-order chi connectivity index (χ0) is 17.4. The van der Waals surface area contributed by atoms with Gasteiger partial charge in [0.25, 0.3) is 5.91 Å². The summed E-state index contributed by atoms with van der Waals surface area (Å²) >= 11 is 0. The van der Waals surface area contributed by atoms with E-state index in [1.54, 1.807) is 11.9 Å². The quantitative estimate of drug-likeness (QED) is 0.610. The maximum Gasteiger partial charge on any atom is 0.275 e. The molecule has 0 aliphatic heterocycles. The van der Waals surface area contributed by atoms with E-state index in [-0.39, 0.29) is 5.91 Å². The van der Waals surface area contributed by atoms with Crippen LogP contribution in [0.15, 0.2) is 52.9 Å². The molecule has 0 unspecified atom stereocenters. The second-order valence-electron chi connectivity index (χ2n) is 6.13. The Morgan fingerprint density at radius 3 is 2.64 bits per heavy atom. The van der Waals surface area contributed by atoms with Crippen molar-refractivity contribution in [1.82, 2.24) is 15.1 Å². The van der Waals surface area contributed by atoms with Gasteiger partial charge in [-0.25, -0.2) is 0 Å². The first kappa shape index (κ1) is 15.4. The third-order valence-electron chi connectivity index (χ3n) is 4.52. The van der Waals surface area contributed by atoms with E-state index in [4.69, 9.17) is 4.42 Å². The number of aromatic nitrogens is 2. The second kappa shape index (κ2) is 6.09. The number of amides is 1. The van der Waals surface area contributed by atoms with Gasteiger partial charge in [0, 0.05) is 36.3 Å². The van der Waals surface area contributed by atoms with Crippen molar-refractivity contribution in [3.05, 3.63) is 65.5 Å². The van der Waals surface area contributed by atoms with Gasteiger partial charge in [-0.1, -0.05) is 43.3 Å². The number of aromatic amines is 1. The lowest BCUT2D eigenvalue weighted by Gasteiger charge is -2.16. The molecular formula is C20H19N3O2. The van der Waals surface area contributed by atoms with Crippen molar-refractivity contribution in [3.63, 3.8) is 0 Å². The topological polar surface area (TPSA) is 62.1 Å². The van der Waals surface area contributed by atoms with Gasteiger partial charge in [-0.15, -0.1) is 0 Å². The zero-order valence-corrected chi connectivity index (χ0v) is 14.2. The molecule has 5 heteroatoms. The summed E-state index contributed by atoms with van der Waals surface area (Å²) in [5.74, 6) is 0.817. The summed E-state index contributed by atoms with van der Waals surface area (Å²) in [6.45, 7) is 2.55. The van der Waals surface area contributed by atoms with Crippen LogP contribution in [0.5, 0.6) is 0 Å². The van der Waals surface area contributed by atoms with E-state index >= 15 is 0 Å². The SMILES string of the molecule is CCc1oc2ccccc2c1CN(C)C(=O)c1n[nH]c2ccccc12. The van der Waals surface area contributed by atoms with Crippen LogP contribution < -0.4 is 0 Å². The molecule has 0 spiro atoms. The summed E-state index contributed by atoms with van der Waals surface area (Å²) in [6.07, 6.45) is 0.789. The van der Waals surface area contributed by atoms with Gasteiger partial charge in [-0.05, 0) is 12.1 Å². The van der Waals surface area contributed by atoms with Crippen LogP contribution in [-0.4, -0.2) is 28.1 Å². The Bertz CT molecular complexity index is 1060. The van der Waals surface area contributed by atoms with Gasteiger partial charge in [-0.2, -0.15) is 5.10 Å². The number of H-pyrrole nitrogens is 1. The minimum Gasteiger partial charge on any atom is -0.461 e. The molecule has 0 atom stereocenters. The number of aryl methyl sites for hydroxylation is 1. The standard InChI is InChI=1S/C20H19N3O2/c1-3-17-15(13-8-5-7-11-18(13)25-17)12-23(2)20(24)19-14-9-4-6-10-16(14)21-22-19/h4-11H,3,12H2,1-2H3,(H,21,22). The third kappa shape index (κ3) is 2.58. The molecule has 0 saturated heterocycles. The molecule has 126 valence electrons. The van der Waals surface area contributed by atoms with E-state index in [1.807, 2.05) is 48.5 Å². The number of carbonyl (C=O) groups excluding carboxylic acids is 1. The first-order valence-electron chi connectivity index (χ1n) is 8.37. The molecule has 25 heavy (non-hydrogen) atoms. The number of hydrogen-bond acceptors (Lipinski definition) is 3. The van der Waals surface area contributed by atoms with Crippen LogP contribution in [0.3, 0.4) is 0 Å². The van der Waals surface area contributed by atoms with Crippen LogP contribution in [0.2, 0.25) is 0 Å². The maximum absolute atomic E-state index is 12.9. The molecule has 0 aliphatic rings. The zero-order valence-electron chi connectivity index (χ0n) is 14.2. The Labute approximate surface area is 145 Å². The third-order valence-corrected chi connectivity index (χ3v) is 4.52. The van der Waals surface area contributed by atoms with Crippen LogP contribution >= 0.6 is 0 Å². The van der Waals surface area contributed by atoms with Gasteiger partial charge in [0.2, 0.25) is 0 Å². The molecule has 0 radical (unpaired) electrons. The number of nitrogens with one attached hydrogen (secondary N) is 1. The van der Waals surface area contributed by atoms with Crippen molar-refractivity contribution >= 4 is 27.8 Å². The highest BCUT2D eigenvalue weighted by Crippen LogP contribution is 2.28. The predicted molar refractivity (Wildman–Crippen MR) is 97.5 cm³/mol. The first-order valence-corrected chi connectivity index (χ1v) is 8.37. The average molecular weight is 333 g/mol. The normalized spacial score (nSPS) is 11.3. The molecule has 0 bridgehead atoms. The van der Waals surface area contributed by atoms with Crippen molar-refractivity contribution in [2.75, 3.05) is 7.05 Å². The average Bonchev–Trinajstić information content (AvgIpc) is 3.22. The maximum atomic E-state index is 12.9. The van der Waals surface area contributed by atoms with E-state index in [1.165, 1.54) is 0 Å². The van der Waals surface area contributed by atoms with E-state index in [0.29, 0.717) is 12.2 Å². The molecule has 4 aromatic rings. The summed E-state index contributed by atoms with van der Waals surface area (Å²) in [7, 11) is 1.80. The number of furan rings is 1. The van der Waals surface area contributed by atoms with E-state index in [2.05, 4.69) is 17.1 Å². The van der Waals surface area contributed by atoms with Gasteiger partial charge in [0.15, 0.2) is 5.69 Å². The predicted octanol–water partition coefficient (Wildman–Crippen LogP) is 4.14. The van der Waals surface area contributed by atoms with Crippen LogP contribution in [0, 0.1) is 0 Å². The highest BCUT2D eigenvalue weighted by atomic mass is 16.3. The lowest BCUT2D eigenvalue weighted by Crippen LogP contribution is -2.27. The minimum atomic E-state index is -0.107. The monoisotopic (exact) mass is 333 g/mol. The molecule has 1 amide bonds. The van der Waals surface area contributed by atoms with Crippen molar-refractivity contribution < 1.29 is 9.21 Å². The van der Waals surface area contributed by atoms with Crippen LogP contribution in [0.25, 0.3) is 21.9 Å². The first-order chi connectivity index (χ1) is 12.2. The summed E-state index contributed by atoms with van der Waals surface area (Å²) < 4.78 is 5.93. The number of benzene rings is 2. The Morgan fingerprint density at radius 2 is 1.84 bits per heavy atom. The van der Waals surface area contributed by atoms with Crippen molar-refractivity contribution in [1.29, 1.82) is 0 Å². The molecule has 2 aromatic carbocycles. The molecule has 2 heterocycles. The number of fused-ring (bicyclic) bond motifs is 2. The number of rotatable bonds is 4. The fourth-order valence-electron chi connectivity index (χ4n) is 3.22.